The van der Waals surface area contributed by atoms with Crippen LogP contribution in [-0.2, 0) is 0 Å². The Balaban J connectivity index is 2.82. The number of benzene rings is 1. The molecule has 0 unspecified atom stereocenters. The number of allylic oxidation sites excluding steroid dienone is 1. The maximum atomic E-state index is 10.5. The van der Waals surface area contributed by atoms with Crippen LogP contribution in [0.4, 0.5) is 0 Å². The van der Waals surface area contributed by atoms with Crippen LogP contribution >= 0.6 is 11.8 Å². The molecule has 4 heteroatoms. The van der Waals surface area contributed by atoms with Gasteiger partial charge in [0.25, 0.3) is 0 Å². The van der Waals surface area contributed by atoms with Crippen LogP contribution in [0.1, 0.15) is 33.3 Å². The molecule has 0 amide bonds. The van der Waals surface area contributed by atoms with E-state index in [0.717, 1.165) is 5.56 Å². The Morgan fingerprint density at radius 2 is 1.82 bits per heavy atom. The van der Waals surface area contributed by atoms with Gasteiger partial charge < -0.3 is 0 Å². The van der Waals surface area contributed by atoms with Gasteiger partial charge in [-0.1, -0.05) is 32.9 Å². The summed E-state index contributed by atoms with van der Waals surface area (Å²) in [7, 11) is 0. The SMILES string of the molecule is C/C(=C/c1ccc(SC(C)(C)C)cc1)[N+](=O)[O-]. The molecule has 0 N–H and O–H groups in total. The molecular formula is C13H17NO2S. The third-order valence-corrected chi connectivity index (χ3v) is 3.09. The van der Waals surface area contributed by atoms with Gasteiger partial charge in [-0.05, 0) is 17.7 Å². The molecule has 0 atom stereocenters. The van der Waals surface area contributed by atoms with Crippen LogP contribution in [0.5, 0.6) is 0 Å². The second-order valence-corrected chi connectivity index (χ2v) is 6.73. The van der Waals surface area contributed by atoms with Crippen molar-refractivity contribution in [3.8, 4) is 0 Å². The molecule has 1 aromatic rings. The third-order valence-electron chi connectivity index (χ3n) is 1.97. The van der Waals surface area contributed by atoms with Crippen LogP contribution in [0.25, 0.3) is 6.08 Å². The zero-order chi connectivity index (χ0) is 13.1. The van der Waals surface area contributed by atoms with E-state index in [2.05, 4.69) is 20.8 Å². The summed E-state index contributed by atoms with van der Waals surface area (Å²) in [6.07, 6.45) is 1.57. The Labute approximate surface area is 106 Å². The van der Waals surface area contributed by atoms with Crippen molar-refractivity contribution < 1.29 is 4.92 Å². The second kappa shape index (κ2) is 5.36. The van der Waals surface area contributed by atoms with Crippen LogP contribution in [0.15, 0.2) is 34.9 Å². The molecule has 92 valence electrons. The van der Waals surface area contributed by atoms with Gasteiger partial charge in [0.1, 0.15) is 0 Å². The van der Waals surface area contributed by atoms with E-state index in [1.807, 2.05) is 24.3 Å². The summed E-state index contributed by atoms with van der Waals surface area (Å²) in [6.45, 7) is 7.96. The molecule has 0 bridgehead atoms. The summed E-state index contributed by atoms with van der Waals surface area (Å²) in [5.41, 5.74) is 1.01. The highest BCUT2D eigenvalue weighted by atomic mass is 32.2. The van der Waals surface area contributed by atoms with E-state index in [-0.39, 0.29) is 15.4 Å². The van der Waals surface area contributed by atoms with Gasteiger partial charge in [0.2, 0.25) is 5.70 Å². The average molecular weight is 251 g/mol. The lowest BCUT2D eigenvalue weighted by Gasteiger charge is -2.17. The zero-order valence-electron chi connectivity index (χ0n) is 10.6. The quantitative estimate of drug-likeness (QED) is 0.459. The predicted molar refractivity (Wildman–Crippen MR) is 72.7 cm³/mol. The smallest absolute Gasteiger partial charge is 0.243 e. The summed E-state index contributed by atoms with van der Waals surface area (Å²) in [4.78, 5) is 11.3. The molecule has 0 aliphatic carbocycles. The largest absolute Gasteiger partial charge is 0.259 e. The van der Waals surface area contributed by atoms with Crippen molar-refractivity contribution in [3.05, 3.63) is 45.6 Å². The normalized spacial score (nSPS) is 12.6. The molecule has 1 rings (SSSR count). The summed E-state index contributed by atoms with van der Waals surface area (Å²) >= 11 is 1.78. The zero-order valence-corrected chi connectivity index (χ0v) is 11.4. The van der Waals surface area contributed by atoms with Gasteiger partial charge in [-0.2, -0.15) is 0 Å². The van der Waals surface area contributed by atoms with Gasteiger partial charge >= 0.3 is 0 Å². The van der Waals surface area contributed by atoms with Gasteiger partial charge in [0, 0.05) is 22.6 Å². The first-order chi connectivity index (χ1) is 7.78. The van der Waals surface area contributed by atoms with Crippen molar-refractivity contribution in [1.29, 1.82) is 0 Å². The average Bonchev–Trinajstić information content (AvgIpc) is 2.18. The van der Waals surface area contributed by atoms with Crippen molar-refractivity contribution in [2.75, 3.05) is 0 Å². The predicted octanol–water partition coefficient (Wildman–Crippen LogP) is 4.21. The monoisotopic (exact) mass is 251 g/mol. The van der Waals surface area contributed by atoms with Gasteiger partial charge in [0.15, 0.2) is 0 Å². The van der Waals surface area contributed by atoms with Crippen molar-refractivity contribution in [2.45, 2.75) is 37.3 Å². The summed E-state index contributed by atoms with van der Waals surface area (Å²) in [5.74, 6) is 0. The minimum atomic E-state index is -0.377. The van der Waals surface area contributed by atoms with Gasteiger partial charge in [0.05, 0.1) is 4.92 Å². The first kappa shape index (κ1) is 13.8. The number of hydrogen-bond acceptors (Lipinski definition) is 3. The minimum Gasteiger partial charge on any atom is -0.259 e. The third kappa shape index (κ3) is 5.04. The lowest BCUT2D eigenvalue weighted by Crippen LogP contribution is -2.06. The first-order valence-corrected chi connectivity index (χ1v) is 6.21. The topological polar surface area (TPSA) is 43.1 Å². The fourth-order valence-electron chi connectivity index (χ4n) is 1.28. The Morgan fingerprint density at radius 3 is 2.24 bits per heavy atom. The molecule has 0 fully saturated rings. The van der Waals surface area contributed by atoms with Crippen molar-refractivity contribution in [3.63, 3.8) is 0 Å². The highest BCUT2D eigenvalue weighted by Crippen LogP contribution is 2.31. The lowest BCUT2D eigenvalue weighted by atomic mass is 10.2. The van der Waals surface area contributed by atoms with E-state index in [1.54, 1.807) is 17.8 Å². The van der Waals surface area contributed by atoms with Crippen LogP contribution < -0.4 is 0 Å². The standard InChI is InChI=1S/C13H17NO2S/c1-10(14(15)16)9-11-5-7-12(8-6-11)17-13(2,3)4/h5-9H,1-4H3/b10-9-. The van der Waals surface area contributed by atoms with Crippen LogP contribution in [0.3, 0.4) is 0 Å². The molecule has 0 saturated carbocycles. The van der Waals surface area contributed by atoms with Crippen molar-refractivity contribution >= 4 is 17.8 Å². The number of rotatable bonds is 3. The van der Waals surface area contributed by atoms with Crippen LogP contribution in [0, 0.1) is 10.1 Å². The molecule has 0 aromatic heterocycles. The van der Waals surface area contributed by atoms with Gasteiger partial charge in [-0.15, -0.1) is 11.8 Å². The number of nitro groups is 1. The molecule has 1 aromatic carbocycles. The molecule has 17 heavy (non-hydrogen) atoms. The highest BCUT2D eigenvalue weighted by molar-refractivity contribution is 8.00. The maximum Gasteiger partial charge on any atom is 0.243 e. The first-order valence-electron chi connectivity index (χ1n) is 5.40. The number of nitrogens with zero attached hydrogens (tertiary/aromatic N) is 1. The lowest BCUT2D eigenvalue weighted by molar-refractivity contribution is -0.422. The fourth-order valence-corrected chi connectivity index (χ4v) is 2.26. The van der Waals surface area contributed by atoms with Crippen LogP contribution in [0.2, 0.25) is 0 Å². The Hall–Kier alpha value is -1.29. The molecule has 3 nitrogen and oxygen atoms in total. The van der Waals surface area contributed by atoms with Crippen LogP contribution in [-0.4, -0.2) is 9.67 Å². The summed E-state index contributed by atoms with van der Waals surface area (Å²) < 4.78 is 0.175. The molecule has 0 aliphatic rings. The minimum absolute atomic E-state index is 0.154. The Kier molecular flexibility index (Phi) is 4.34. The van der Waals surface area contributed by atoms with Crippen molar-refractivity contribution in [1.82, 2.24) is 0 Å². The van der Waals surface area contributed by atoms with Gasteiger partial charge in [-0.25, -0.2) is 0 Å². The fraction of sp³-hybridized carbons (Fsp3) is 0.385. The molecular weight excluding hydrogens is 234 g/mol. The summed E-state index contributed by atoms with van der Waals surface area (Å²) in [6, 6.07) is 7.80. The highest BCUT2D eigenvalue weighted by Gasteiger charge is 2.11. The molecule has 0 radical (unpaired) electrons. The van der Waals surface area contributed by atoms with E-state index in [0.29, 0.717) is 0 Å². The van der Waals surface area contributed by atoms with E-state index < -0.39 is 0 Å². The van der Waals surface area contributed by atoms with Gasteiger partial charge in [-0.3, -0.25) is 10.1 Å². The maximum absolute atomic E-state index is 10.5. The Bertz CT molecular complexity index is 430. The van der Waals surface area contributed by atoms with E-state index >= 15 is 0 Å². The van der Waals surface area contributed by atoms with E-state index in [9.17, 15) is 10.1 Å². The summed E-state index contributed by atoms with van der Waals surface area (Å²) in [5, 5.41) is 10.5. The molecule has 0 aliphatic heterocycles. The number of thioether (sulfide) groups is 1. The molecule has 0 spiro atoms. The van der Waals surface area contributed by atoms with E-state index in [4.69, 9.17) is 0 Å². The molecule has 0 heterocycles. The molecule has 0 saturated heterocycles. The van der Waals surface area contributed by atoms with E-state index in [1.165, 1.54) is 11.8 Å². The van der Waals surface area contributed by atoms with Crippen molar-refractivity contribution in [2.24, 2.45) is 0 Å². The second-order valence-electron chi connectivity index (χ2n) is 4.83. The Morgan fingerprint density at radius 1 is 1.29 bits per heavy atom. The number of hydrogen-bond donors (Lipinski definition) is 0.